The van der Waals surface area contributed by atoms with Gasteiger partial charge in [0.25, 0.3) is 11.6 Å². The van der Waals surface area contributed by atoms with Crippen molar-refractivity contribution in [2.45, 2.75) is 0 Å². The van der Waals surface area contributed by atoms with E-state index < -0.39 is 16.8 Å². The van der Waals surface area contributed by atoms with Crippen molar-refractivity contribution in [3.05, 3.63) is 68.7 Å². The molecule has 1 amide bonds. The van der Waals surface area contributed by atoms with Crippen LogP contribution in [0.4, 0.5) is 11.4 Å². The molecule has 7 nitrogen and oxygen atoms in total. The first-order chi connectivity index (χ1) is 10.4. The molecule has 0 radical (unpaired) electrons. The molecule has 0 atom stereocenters. The number of nitro groups is 1. The summed E-state index contributed by atoms with van der Waals surface area (Å²) < 4.78 is 0. The number of halogens is 1. The van der Waals surface area contributed by atoms with Gasteiger partial charge in [-0.05, 0) is 18.2 Å². The van der Waals surface area contributed by atoms with Crippen molar-refractivity contribution in [2.75, 3.05) is 5.32 Å². The van der Waals surface area contributed by atoms with E-state index in [9.17, 15) is 19.7 Å². The minimum atomic E-state index is -1.25. The van der Waals surface area contributed by atoms with E-state index in [1.165, 1.54) is 36.4 Å². The number of aromatic carboxylic acids is 1. The molecule has 112 valence electrons. The van der Waals surface area contributed by atoms with Gasteiger partial charge in [0.05, 0.1) is 26.8 Å². The molecular weight excluding hydrogens is 312 g/mol. The number of nitrogens with zero attached hydrogens (tertiary/aromatic N) is 1. The number of benzene rings is 2. The maximum absolute atomic E-state index is 12.2. The largest absolute Gasteiger partial charge is 0.478 e. The van der Waals surface area contributed by atoms with Gasteiger partial charge in [0.1, 0.15) is 0 Å². The Morgan fingerprint density at radius 3 is 2.36 bits per heavy atom. The standard InChI is InChI=1S/C14H9ClN2O5/c15-11-6-5-8(17(21)22)7-12(11)16-13(18)9-3-1-2-4-10(9)14(19)20/h1-7H,(H,16,18)(H,19,20). The number of nitro benzene ring substituents is 1. The molecule has 0 aromatic heterocycles. The van der Waals surface area contributed by atoms with Gasteiger partial charge < -0.3 is 10.4 Å². The highest BCUT2D eigenvalue weighted by Crippen LogP contribution is 2.27. The van der Waals surface area contributed by atoms with Crippen molar-refractivity contribution in [2.24, 2.45) is 0 Å². The SMILES string of the molecule is O=C(O)c1ccccc1C(=O)Nc1cc([N+](=O)[O-])ccc1Cl. The third kappa shape index (κ3) is 3.21. The zero-order chi connectivity index (χ0) is 16.3. The van der Waals surface area contributed by atoms with Gasteiger partial charge in [0.15, 0.2) is 0 Å². The minimum Gasteiger partial charge on any atom is -0.478 e. The van der Waals surface area contributed by atoms with E-state index >= 15 is 0 Å². The van der Waals surface area contributed by atoms with Crippen LogP contribution in [0.5, 0.6) is 0 Å². The number of nitrogens with one attached hydrogen (secondary N) is 1. The van der Waals surface area contributed by atoms with Gasteiger partial charge in [-0.25, -0.2) is 4.79 Å². The predicted octanol–water partition coefficient (Wildman–Crippen LogP) is 3.20. The number of carboxylic acid groups (broad SMARTS) is 1. The molecule has 0 fully saturated rings. The summed E-state index contributed by atoms with van der Waals surface area (Å²) >= 11 is 5.88. The summed E-state index contributed by atoms with van der Waals surface area (Å²) in [5.74, 6) is -1.98. The summed E-state index contributed by atoms with van der Waals surface area (Å²) in [5, 5.41) is 22.3. The summed E-state index contributed by atoms with van der Waals surface area (Å²) in [4.78, 5) is 33.4. The van der Waals surface area contributed by atoms with Gasteiger partial charge in [-0.1, -0.05) is 23.7 Å². The molecule has 0 saturated heterocycles. The lowest BCUT2D eigenvalue weighted by molar-refractivity contribution is -0.384. The zero-order valence-electron chi connectivity index (χ0n) is 10.9. The fraction of sp³-hybridized carbons (Fsp3) is 0. The molecular formula is C14H9ClN2O5. The molecule has 8 heteroatoms. The molecule has 0 bridgehead atoms. The van der Waals surface area contributed by atoms with Crippen LogP contribution < -0.4 is 5.32 Å². The van der Waals surface area contributed by atoms with Gasteiger partial charge in [-0.2, -0.15) is 0 Å². The second-order valence-corrected chi connectivity index (χ2v) is 4.63. The van der Waals surface area contributed by atoms with E-state index in [0.717, 1.165) is 6.07 Å². The van der Waals surface area contributed by atoms with Crippen molar-refractivity contribution in [1.82, 2.24) is 0 Å². The van der Waals surface area contributed by atoms with E-state index in [4.69, 9.17) is 16.7 Å². The Balaban J connectivity index is 2.36. The van der Waals surface area contributed by atoms with Gasteiger partial charge in [-0.15, -0.1) is 0 Å². The highest BCUT2D eigenvalue weighted by atomic mass is 35.5. The summed E-state index contributed by atoms with van der Waals surface area (Å²) in [6.07, 6.45) is 0. The van der Waals surface area contributed by atoms with Crippen molar-refractivity contribution >= 4 is 34.9 Å². The molecule has 2 aromatic rings. The Kier molecular flexibility index (Phi) is 4.38. The van der Waals surface area contributed by atoms with Crippen LogP contribution in [-0.4, -0.2) is 21.9 Å². The fourth-order valence-corrected chi connectivity index (χ4v) is 1.94. The van der Waals surface area contributed by atoms with Crippen LogP contribution in [0.1, 0.15) is 20.7 Å². The lowest BCUT2D eigenvalue weighted by Crippen LogP contribution is -2.16. The summed E-state index contributed by atoms with van der Waals surface area (Å²) in [7, 11) is 0. The first-order valence-electron chi connectivity index (χ1n) is 5.97. The molecule has 0 aliphatic heterocycles. The maximum atomic E-state index is 12.2. The lowest BCUT2D eigenvalue weighted by Gasteiger charge is -2.09. The monoisotopic (exact) mass is 320 g/mol. The normalized spacial score (nSPS) is 10.0. The molecule has 2 aromatic carbocycles. The third-order valence-corrected chi connectivity index (χ3v) is 3.14. The Labute approximate surface area is 129 Å². The number of rotatable bonds is 4. The fourth-order valence-electron chi connectivity index (χ4n) is 1.78. The Hall–Kier alpha value is -2.93. The Morgan fingerprint density at radius 2 is 1.77 bits per heavy atom. The number of carboxylic acids is 1. The van der Waals surface area contributed by atoms with E-state index in [1.807, 2.05) is 0 Å². The van der Waals surface area contributed by atoms with Crippen molar-refractivity contribution in [1.29, 1.82) is 0 Å². The second-order valence-electron chi connectivity index (χ2n) is 4.23. The zero-order valence-corrected chi connectivity index (χ0v) is 11.7. The van der Waals surface area contributed by atoms with E-state index in [0.29, 0.717) is 0 Å². The summed E-state index contributed by atoms with van der Waals surface area (Å²) in [6, 6.07) is 9.19. The number of non-ortho nitro benzene ring substituents is 1. The van der Waals surface area contributed by atoms with Gasteiger partial charge >= 0.3 is 5.97 Å². The molecule has 22 heavy (non-hydrogen) atoms. The van der Waals surface area contributed by atoms with Crippen LogP contribution in [0.2, 0.25) is 5.02 Å². The summed E-state index contributed by atoms with van der Waals surface area (Å²) in [5.41, 5.74) is -0.466. The van der Waals surface area contributed by atoms with Crippen molar-refractivity contribution in [3.63, 3.8) is 0 Å². The lowest BCUT2D eigenvalue weighted by atomic mass is 10.1. The van der Waals surface area contributed by atoms with Crippen LogP contribution in [0.15, 0.2) is 42.5 Å². The van der Waals surface area contributed by atoms with Crippen LogP contribution in [0.25, 0.3) is 0 Å². The highest BCUT2D eigenvalue weighted by Gasteiger charge is 2.18. The molecule has 0 aliphatic rings. The first kappa shape index (κ1) is 15.5. The van der Waals surface area contributed by atoms with Gasteiger partial charge in [0, 0.05) is 12.1 Å². The number of hydrogen-bond donors (Lipinski definition) is 2. The molecule has 0 spiro atoms. The Morgan fingerprint density at radius 1 is 1.14 bits per heavy atom. The van der Waals surface area contributed by atoms with E-state index in [-0.39, 0.29) is 27.5 Å². The highest BCUT2D eigenvalue weighted by molar-refractivity contribution is 6.34. The molecule has 0 aliphatic carbocycles. The number of carbonyl (C=O) groups is 2. The van der Waals surface area contributed by atoms with Crippen molar-refractivity contribution < 1.29 is 19.6 Å². The number of carbonyl (C=O) groups excluding carboxylic acids is 1. The van der Waals surface area contributed by atoms with Crippen LogP contribution >= 0.6 is 11.6 Å². The smallest absolute Gasteiger partial charge is 0.336 e. The average Bonchev–Trinajstić information content (AvgIpc) is 2.49. The first-order valence-corrected chi connectivity index (χ1v) is 6.35. The number of anilines is 1. The quantitative estimate of drug-likeness (QED) is 0.664. The number of hydrogen-bond acceptors (Lipinski definition) is 4. The average molecular weight is 321 g/mol. The van der Waals surface area contributed by atoms with Crippen LogP contribution in [-0.2, 0) is 0 Å². The molecule has 0 heterocycles. The topological polar surface area (TPSA) is 110 Å². The number of amides is 1. The molecule has 0 saturated carbocycles. The van der Waals surface area contributed by atoms with Crippen LogP contribution in [0.3, 0.4) is 0 Å². The van der Waals surface area contributed by atoms with Gasteiger partial charge in [-0.3, -0.25) is 14.9 Å². The maximum Gasteiger partial charge on any atom is 0.336 e. The van der Waals surface area contributed by atoms with Crippen LogP contribution in [0, 0.1) is 10.1 Å². The van der Waals surface area contributed by atoms with Gasteiger partial charge in [0.2, 0.25) is 0 Å². The molecule has 2 N–H and O–H groups in total. The minimum absolute atomic E-state index is 0.0288. The van der Waals surface area contributed by atoms with Crippen molar-refractivity contribution in [3.8, 4) is 0 Å². The second kappa shape index (κ2) is 6.23. The third-order valence-electron chi connectivity index (χ3n) is 2.81. The summed E-state index contributed by atoms with van der Waals surface area (Å²) in [6.45, 7) is 0. The predicted molar refractivity (Wildman–Crippen MR) is 79.5 cm³/mol. The Bertz CT molecular complexity index is 776. The van der Waals surface area contributed by atoms with E-state index in [1.54, 1.807) is 0 Å². The molecule has 2 rings (SSSR count). The van der Waals surface area contributed by atoms with E-state index in [2.05, 4.69) is 5.32 Å². The molecule has 0 unspecified atom stereocenters.